The molecule has 0 aliphatic rings. The largest absolute Gasteiger partial charge is 0.487 e. The number of ether oxygens (including phenoxy) is 1. The Morgan fingerprint density at radius 1 is 1.00 bits per heavy atom. The Kier molecular flexibility index (Phi) is 9.20. The summed E-state index contributed by atoms with van der Waals surface area (Å²) in [6.45, 7) is 0.381. The lowest BCUT2D eigenvalue weighted by Gasteiger charge is -2.11. The van der Waals surface area contributed by atoms with Crippen molar-refractivity contribution in [3.8, 4) is 11.8 Å². The molecule has 0 unspecified atom stereocenters. The van der Waals surface area contributed by atoms with Gasteiger partial charge in [0.2, 0.25) is 11.8 Å². The van der Waals surface area contributed by atoms with Crippen LogP contribution in [0.15, 0.2) is 71.8 Å². The van der Waals surface area contributed by atoms with Crippen LogP contribution >= 0.6 is 45.2 Å². The van der Waals surface area contributed by atoms with Crippen molar-refractivity contribution >= 4 is 68.9 Å². The third kappa shape index (κ3) is 7.83. The lowest BCUT2D eigenvalue weighted by Crippen LogP contribution is -2.24. The second kappa shape index (κ2) is 12.3. The van der Waals surface area contributed by atoms with Crippen LogP contribution in [0.4, 0.5) is 5.69 Å². The topological polar surface area (TPSA) is 104 Å². The van der Waals surface area contributed by atoms with E-state index in [2.05, 4.69) is 67.1 Å². The van der Waals surface area contributed by atoms with Crippen molar-refractivity contribution in [3.63, 3.8) is 0 Å². The maximum absolute atomic E-state index is 12.0. The maximum Gasteiger partial charge on any atom is 0.249 e. The Bertz CT molecular complexity index is 1180. The molecule has 0 fully saturated rings. The molecule has 0 aliphatic heterocycles. The first-order valence-electron chi connectivity index (χ1n) is 9.72. The highest BCUT2D eigenvalue weighted by atomic mass is 127. The third-order valence-electron chi connectivity index (χ3n) is 4.27. The molecule has 3 rings (SSSR count). The molecular formula is C24H18I2N4O3. The Labute approximate surface area is 218 Å². The number of anilines is 1. The Morgan fingerprint density at radius 3 is 2.30 bits per heavy atom. The van der Waals surface area contributed by atoms with Crippen molar-refractivity contribution in [2.45, 2.75) is 13.0 Å². The summed E-state index contributed by atoms with van der Waals surface area (Å²) in [4.78, 5) is 23.9. The van der Waals surface area contributed by atoms with E-state index < -0.39 is 11.8 Å². The van der Waals surface area contributed by atoms with Gasteiger partial charge in [0.1, 0.15) is 18.8 Å². The zero-order valence-corrected chi connectivity index (χ0v) is 21.5. The number of amides is 2. The predicted octanol–water partition coefficient (Wildman–Crippen LogP) is 4.83. The van der Waals surface area contributed by atoms with Crippen LogP contribution in [0.2, 0.25) is 0 Å². The van der Waals surface area contributed by atoms with E-state index in [0.717, 1.165) is 24.0 Å². The van der Waals surface area contributed by atoms with E-state index in [1.165, 1.54) is 6.21 Å². The van der Waals surface area contributed by atoms with Crippen LogP contribution in [0.3, 0.4) is 0 Å². The number of benzene rings is 3. The van der Waals surface area contributed by atoms with E-state index in [1.807, 2.05) is 30.3 Å². The number of nitriles is 1. The van der Waals surface area contributed by atoms with Gasteiger partial charge in [0, 0.05) is 5.69 Å². The summed E-state index contributed by atoms with van der Waals surface area (Å²) in [7, 11) is 0. The molecule has 0 saturated carbocycles. The van der Waals surface area contributed by atoms with Gasteiger partial charge in [-0.2, -0.15) is 10.4 Å². The lowest BCUT2D eigenvalue weighted by atomic mass is 10.1. The predicted molar refractivity (Wildman–Crippen MR) is 143 cm³/mol. The fourth-order valence-electron chi connectivity index (χ4n) is 2.71. The highest BCUT2D eigenvalue weighted by molar-refractivity contribution is 14.1. The molecule has 0 aliphatic carbocycles. The maximum atomic E-state index is 12.0. The molecule has 3 aromatic carbocycles. The molecular weight excluding hydrogens is 646 g/mol. The summed E-state index contributed by atoms with van der Waals surface area (Å²) in [5, 5.41) is 15.5. The second-order valence-electron chi connectivity index (χ2n) is 6.80. The van der Waals surface area contributed by atoms with E-state index in [1.54, 1.807) is 36.4 Å². The second-order valence-corrected chi connectivity index (χ2v) is 9.12. The summed E-state index contributed by atoms with van der Waals surface area (Å²) in [6, 6.07) is 22.0. The fraction of sp³-hybridized carbons (Fsp3) is 0.0833. The summed E-state index contributed by atoms with van der Waals surface area (Å²) >= 11 is 4.37. The van der Waals surface area contributed by atoms with Crippen LogP contribution in [-0.4, -0.2) is 18.0 Å². The Morgan fingerprint density at radius 2 is 1.67 bits per heavy atom. The van der Waals surface area contributed by atoms with E-state index >= 15 is 0 Å². The van der Waals surface area contributed by atoms with Gasteiger partial charge in [0.05, 0.1) is 25.0 Å². The number of carbonyl (C=O) groups excluding carboxylic acids is 2. The summed E-state index contributed by atoms with van der Waals surface area (Å²) in [5.41, 5.74) is 5.35. The van der Waals surface area contributed by atoms with Crippen molar-refractivity contribution in [1.29, 1.82) is 5.26 Å². The average Bonchev–Trinajstić information content (AvgIpc) is 2.79. The van der Waals surface area contributed by atoms with Crippen LogP contribution in [0.1, 0.15) is 23.1 Å². The van der Waals surface area contributed by atoms with Crippen molar-refractivity contribution in [1.82, 2.24) is 5.43 Å². The normalized spacial score (nSPS) is 10.5. The monoisotopic (exact) mass is 664 g/mol. The zero-order valence-electron chi connectivity index (χ0n) is 17.2. The summed E-state index contributed by atoms with van der Waals surface area (Å²) in [5.74, 6) is -0.174. The van der Waals surface area contributed by atoms with Crippen molar-refractivity contribution < 1.29 is 14.3 Å². The van der Waals surface area contributed by atoms with E-state index in [-0.39, 0.29) is 6.42 Å². The van der Waals surface area contributed by atoms with Gasteiger partial charge < -0.3 is 10.1 Å². The number of nitrogens with zero attached hydrogens (tertiary/aromatic N) is 2. The molecule has 7 nitrogen and oxygen atoms in total. The van der Waals surface area contributed by atoms with Crippen LogP contribution in [0.5, 0.6) is 5.75 Å². The third-order valence-corrected chi connectivity index (χ3v) is 5.87. The molecule has 2 N–H and O–H groups in total. The van der Waals surface area contributed by atoms with Gasteiger partial charge in [-0.3, -0.25) is 9.59 Å². The number of hydrogen-bond acceptors (Lipinski definition) is 5. The van der Waals surface area contributed by atoms with Gasteiger partial charge in [-0.05, 0) is 92.7 Å². The van der Waals surface area contributed by atoms with Gasteiger partial charge in [-0.1, -0.05) is 30.3 Å². The van der Waals surface area contributed by atoms with E-state index in [9.17, 15) is 9.59 Å². The quantitative estimate of drug-likeness (QED) is 0.156. The smallest absolute Gasteiger partial charge is 0.249 e. The standard InChI is InChI=1S/C24H18I2N4O3/c25-20-10-18(11-21(26)24(20)33-15-17-8-6-16(13-27)7-9-17)14-28-30-23(32)12-22(31)29-19-4-2-1-3-5-19/h1-11,14H,12,15H2,(H,29,31)(H,30,32). The molecule has 0 bridgehead atoms. The molecule has 2 amide bonds. The number of halogens is 2. The lowest BCUT2D eigenvalue weighted by molar-refractivity contribution is -0.126. The van der Waals surface area contributed by atoms with E-state index in [4.69, 9.17) is 10.00 Å². The minimum Gasteiger partial charge on any atom is -0.487 e. The van der Waals surface area contributed by atoms with Gasteiger partial charge in [0.25, 0.3) is 0 Å². The minimum atomic E-state index is -0.508. The van der Waals surface area contributed by atoms with Crippen LogP contribution in [-0.2, 0) is 16.2 Å². The molecule has 0 heterocycles. The molecule has 0 aromatic heterocycles. The average molecular weight is 664 g/mol. The molecule has 0 spiro atoms. The van der Waals surface area contributed by atoms with E-state index in [0.29, 0.717) is 17.9 Å². The van der Waals surface area contributed by atoms with Crippen LogP contribution in [0, 0.1) is 18.5 Å². The number of hydrogen-bond donors (Lipinski definition) is 2. The summed E-state index contributed by atoms with van der Waals surface area (Å²) in [6.07, 6.45) is 1.19. The number of nitrogens with one attached hydrogen (secondary N) is 2. The summed E-state index contributed by atoms with van der Waals surface area (Å²) < 4.78 is 7.74. The van der Waals surface area contributed by atoms with Crippen molar-refractivity contribution in [2.24, 2.45) is 5.10 Å². The number of rotatable bonds is 8. The van der Waals surface area contributed by atoms with Gasteiger partial charge >= 0.3 is 0 Å². The first-order chi connectivity index (χ1) is 15.9. The van der Waals surface area contributed by atoms with Gasteiger partial charge in [-0.15, -0.1) is 0 Å². The SMILES string of the molecule is N#Cc1ccc(COc2c(I)cc(C=NNC(=O)CC(=O)Nc3ccccc3)cc2I)cc1. The number of carbonyl (C=O) groups is 2. The fourth-order valence-corrected chi connectivity index (χ4v) is 4.84. The van der Waals surface area contributed by atoms with Crippen molar-refractivity contribution in [3.05, 3.63) is 90.6 Å². The Hall–Kier alpha value is -2.98. The highest BCUT2D eigenvalue weighted by Crippen LogP contribution is 2.29. The van der Waals surface area contributed by atoms with Crippen molar-refractivity contribution in [2.75, 3.05) is 5.32 Å². The molecule has 0 radical (unpaired) electrons. The molecule has 33 heavy (non-hydrogen) atoms. The van der Waals surface area contributed by atoms with Crippen LogP contribution in [0.25, 0.3) is 0 Å². The molecule has 9 heteroatoms. The van der Waals surface area contributed by atoms with Gasteiger partial charge in [-0.25, -0.2) is 5.43 Å². The molecule has 166 valence electrons. The van der Waals surface area contributed by atoms with Gasteiger partial charge in [0.15, 0.2) is 0 Å². The first kappa shape index (κ1) is 24.7. The number of hydrazone groups is 1. The first-order valence-corrected chi connectivity index (χ1v) is 11.9. The highest BCUT2D eigenvalue weighted by Gasteiger charge is 2.10. The number of para-hydroxylation sites is 1. The molecule has 0 saturated heterocycles. The molecule has 3 aromatic rings. The van der Waals surface area contributed by atoms with Crippen LogP contribution < -0.4 is 15.5 Å². The zero-order chi connectivity index (χ0) is 23.6. The molecule has 0 atom stereocenters. The Balaban J connectivity index is 1.52. The minimum absolute atomic E-state index is 0.330.